The number of guanidine groups is 1. The highest BCUT2D eigenvalue weighted by Crippen LogP contribution is 2.29. The van der Waals surface area contributed by atoms with Crippen molar-refractivity contribution < 1.29 is 5.11 Å². The molecule has 2 aliphatic carbocycles. The summed E-state index contributed by atoms with van der Waals surface area (Å²) in [6, 6.07) is 1.39. The van der Waals surface area contributed by atoms with E-state index in [1.54, 1.807) is 0 Å². The van der Waals surface area contributed by atoms with Gasteiger partial charge in [0.1, 0.15) is 0 Å². The number of hydrogen-bond donors (Lipinski definition) is 3. The quantitative estimate of drug-likeness (QED) is 0.520. The third-order valence-corrected chi connectivity index (χ3v) is 5.00. The fraction of sp³-hybridized carbons (Fsp3) is 0.933. The highest BCUT2D eigenvalue weighted by molar-refractivity contribution is 5.80. The van der Waals surface area contributed by atoms with Gasteiger partial charge in [0.2, 0.25) is 0 Å². The minimum atomic E-state index is -0.127. The molecule has 1 aliphatic heterocycles. The molecule has 20 heavy (non-hydrogen) atoms. The molecule has 5 heteroatoms. The number of likely N-dealkylation sites (tertiary alicyclic amines) is 1. The normalized spacial score (nSPS) is 35.5. The molecule has 2 saturated carbocycles. The molecule has 114 valence electrons. The van der Waals surface area contributed by atoms with Crippen LogP contribution in [0.2, 0.25) is 0 Å². The van der Waals surface area contributed by atoms with E-state index < -0.39 is 0 Å². The Bertz CT molecular complexity index is 356. The Balaban J connectivity index is 1.40. The summed E-state index contributed by atoms with van der Waals surface area (Å²) in [6.07, 6.45) is 7.10. The molecule has 3 fully saturated rings. The maximum absolute atomic E-state index is 9.85. The van der Waals surface area contributed by atoms with Crippen molar-refractivity contribution in [1.29, 1.82) is 0 Å². The van der Waals surface area contributed by atoms with E-state index in [-0.39, 0.29) is 6.10 Å². The van der Waals surface area contributed by atoms with Crippen LogP contribution in [0.15, 0.2) is 4.99 Å². The molecular formula is C15H28N4O. The van der Waals surface area contributed by atoms with Gasteiger partial charge in [0.15, 0.2) is 5.96 Å². The van der Waals surface area contributed by atoms with E-state index >= 15 is 0 Å². The summed E-state index contributed by atoms with van der Waals surface area (Å²) in [5.41, 5.74) is 0. The Kier molecular flexibility index (Phi) is 4.46. The fourth-order valence-electron chi connectivity index (χ4n) is 3.55. The summed E-state index contributed by atoms with van der Waals surface area (Å²) in [4.78, 5) is 6.92. The van der Waals surface area contributed by atoms with Gasteiger partial charge in [-0.2, -0.15) is 0 Å². The van der Waals surface area contributed by atoms with Crippen LogP contribution in [0.1, 0.15) is 38.5 Å². The SMILES string of the molecule is CN=C(NCC1CCCC1O)NC1CCN(C2CC2)C1. The van der Waals surface area contributed by atoms with Crippen molar-refractivity contribution in [3.63, 3.8) is 0 Å². The topological polar surface area (TPSA) is 59.9 Å². The van der Waals surface area contributed by atoms with Gasteiger partial charge in [0.25, 0.3) is 0 Å². The van der Waals surface area contributed by atoms with Gasteiger partial charge in [-0.3, -0.25) is 9.89 Å². The number of aliphatic hydroxyl groups is 1. The second kappa shape index (κ2) is 6.31. The average Bonchev–Trinajstić information content (AvgIpc) is 3.07. The number of aliphatic imine (C=N–C) groups is 1. The van der Waals surface area contributed by atoms with Gasteiger partial charge >= 0.3 is 0 Å². The Morgan fingerprint density at radius 3 is 2.75 bits per heavy atom. The molecule has 0 aromatic rings. The van der Waals surface area contributed by atoms with Crippen LogP contribution in [0.25, 0.3) is 0 Å². The monoisotopic (exact) mass is 280 g/mol. The van der Waals surface area contributed by atoms with Crippen LogP contribution in [-0.4, -0.2) is 60.8 Å². The standard InChI is InChI=1S/C15H28N4O/c1-16-15(17-9-11-3-2-4-14(11)20)18-12-7-8-19(10-12)13-5-6-13/h11-14,20H,2-10H2,1H3,(H2,16,17,18). The van der Waals surface area contributed by atoms with Crippen molar-refractivity contribution >= 4 is 5.96 Å². The molecule has 3 unspecified atom stereocenters. The average molecular weight is 280 g/mol. The molecule has 1 heterocycles. The first-order chi connectivity index (χ1) is 9.76. The Morgan fingerprint density at radius 1 is 1.25 bits per heavy atom. The van der Waals surface area contributed by atoms with Crippen LogP contribution in [0.5, 0.6) is 0 Å². The molecule has 1 saturated heterocycles. The van der Waals surface area contributed by atoms with E-state index in [0.717, 1.165) is 44.4 Å². The molecule has 5 nitrogen and oxygen atoms in total. The lowest BCUT2D eigenvalue weighted by atomic mass is 10.1. The number of rotatable bonds is 4. The van der Waals surface area contributed by atoms with E-state index in [2.05, 4.69) is 20.5 Å². The number of aliphatic hydroxyl groups excluding tert-OH is 1. The predicted molar refractivity (Wildman–Crippen MR) is 80.8 cm³/mol. The summed E-state index contributed by atoms with van der Waals surface area (Å²) in [7, 11) is 1.83. The Labute approximate surface area is 121 Å². The lowest BCUT2D eigenvalue weighted by Gasteiger charge is -2.21. The molecule has 3 atom stereocenters. The first-order valence-electron chi connectivity index (χ1n) is 8.15. The van der Waals surface area contributed by atoms with E-state index in [1.807, 2.05) is 7.05 Å². The Hall–Kier alpha value is -0.810. The molecular weight excluding hydrogens is 252 g/mol. The van der Waals surface area contributed by atoms with Crippen molar-refractivity contribution in [2.75, 3.05) is 26.7 Å². The van der Waals surface area contributed by atoms with Gasteiger partial charge in [0.05, 0.1) is 6.10 Å². The van der Waals surface area contributed by atoms with Crippen LogP contribution < -0.4 is 10.6 Å². The van der Waals surface area contributed by atoms with Crippen molar-refractivity contribution in [3.05, 3.63) is 0 Å². The van der Waals surface area contributed by atoms with Crippen molar-refractivity contribution in [2.45, 2.75) is 56.7 Å². The number of nitrogens with zero attached hydrogens (tertiary/aromatic N) is 2. The maximum atomic E-state index is 9.85. The molecule has 3 rings (SSSR count). The van der Waals surface area contributed by atoms with Crippen LogP contribution in [-0.2, 0) is 0 Å². The first-order valence-corrected chi connectivity index (χ1v) is 8.15. The van der Waals surface area contributed by atoms with Crippen LogP contribution in [0.3, 0.4) is 0 Å². The molecule has 0 aromatic heterocycles. The predicted octanol–water partition coefficient (Wildman–Crippen LogP) is 0.549. The third-order valence-electron chi connectivity index (χ3n) is 5.00. The van der Waals surface area contributed by atoms with E-state index in [0.29, 0.717) is 12.0 Å². The van der Waals surface area contributed by atoms with Gasteiger partial charge in [-0.05, 0) is 32.1 Å². The smallest absolute Gasteiger partial charge is 0.191 e. The van der Waals surface area contributed by atoms with Crippen molar-refractivity contribution in [3.8, 4) is 0 Å². The summed E-state index contributed by atoms with van der Waals surface area (Å²) in [6.45, 7) is 3.21. The molecule has 0 spiro atoms. The number of nitrogens with one attached hydrogen (secondary N) is 2. The van der Waals surface area contributed by atoms with Crippen LogP contribution in [0.4, 0.5) is 0 Å². The van der Waals surface area contributed by atoms with Crippen LogP contribution >= 0.6 is 0 Å². The van der Waals surface area contributed by atoms with Gasteiger partial charge in [-0.25, -0.2) is 0 Å². The van der Waals surface area contributed by atoms with E-state index in [1.165, 1.54) is 25.8 Å². The summed E-state index contributed by atoms with van der Waals surface area (Å²) < 4.78 is 0. The summed E-state index contributed by atoms with van der Waals surface area (Å²) in [5.74, 6) is 1.28. The molecule has 0 amide bonds. The zero-order valence-corrected chi connectivity index (χ0v) is 12.5. The fourth-order valence-corrected chi connectivity index (χ4v) is 3.55. The molecule has 3 aliphatic rings. The molecule has 3 N–H and O–H groups in total. The lowest BCUT2D eigenvalue weighted by molar-refractivity contribution is 0.134. The van der Waals surface area contributed by atoms with Gasteiger partial charge in [0, 0.05) is 44.7 Å². The zero-order valence-electron chi connectivity index (χ0n) is 12.5. The molecule has 0 aromatic carbocycles. The summed E-state index contributed by atoms with van der Waals surface area (Å²) in [5, 5.41) is 16.8. The van der Waals surface area contributed by atoms with Crippen molar-refractivity contribution in [2.24, 2.45) is 10.9 Å². The van der Waals surface area contributed by atoms with Crippen molar-refractivity contribution in [1.82, 2.24) is 15.5 Å². The third kappa shape index (κ3) is 3.44. The zero-order chi connectivity index (χ0) is 13.9. The van der Waals surface area contributed by atoms with Gasteiger partial charge in [-0.1, -0.05) is 6.42 Å². The van der Waals surface area contributed by atoms with Gasteiger partial charge in [-0.15, -0.1) is 0 Å². The van der Waals surface area contributed by atoms with Gasteiger partial charge < -0.3 is 15.7 Å². The Morgan fingerprint density at radius 2 is 2.10 bits per heavy atom. The van der Waals surface area contributed by atoms with E-state index in [9.17, 15) is 5.11 Å². The lowest BCUT2D eigenvalue weighted by Crippen LogP contribution is -2.46. The minimum Gasteiger partial charge on any atom is -0.393 e. The van der Waals surface area contributed by atoms with Crippen LogP contribution in [0, 0.1) is 5.92 Å². The number of hydrogen-bond acceptors (Lipinski definition) is 3. The largest absolute Gasteiger partial charge is 0.393 e. The second-order valence-corrected chi connectivity index (χ2v) is 6.57. The first kappa shape index (κ1) is 14.1. The summed E-state index contributed by atoms with van der Waals surface area (Å²) >= 11 is 0. The minimum absolute atomic E-state index is 0.127. The molecule has 0 radical (unpaired) electrons. The maximum Gasteiger partial charge on any atom is 0.191 e. The molecule has 0 bridgehead atoms. The second-order valence-electron chi connectivity index (χ2n) is 6.57. The highest BCUT2D eigenvalue weighted by atomic mass is 16.3. The highest BCUT2D eigenvalue weighted by Gasteiger charge is 2.34. The van der Waals surface area contributed by atoms with E-state index in [4.69, 9.17) is 0 Å².